The summed E-state index contributed by atoms with van der Waals surface area (Å²) in [6.07, 6.45) is -7.41. The summed E-state index contributed by atoms with van der Waals surface area (Å²) in [4.78, 5) is 8.75. The van der Waals surface area contributed by atoms with Gasteiger partial charge in [0.05, 0.1) is 6.61 Å². The molecule has 2 atom stereocenters. The molecule has 0 aromatic carbocycles. The topological polar surface area (TPSA) is 55.8 Å². The Labute approximate surface area is 94.3 Å². The molecule has 0 rings (SSSR count). The van der Waals surface area contributed by atoms with Crippen LogP contribution in [-0.2, 0) is 13.6 Å². The molecule has 0 radical (unpaired) electrons. The third kappa shape index (κ3) is 5.76. The molecule has 0 fully saturated rings. The molecule has 17 heavy (non-hydrogen) atoms. The Morgan fingerprint density at radius 2 is 1.88 bits per heavy atom. The Morgan fingerprint density at radius 3 is 2.29 bits per heavy atom. The largest absolute Gasteiger partial charge is 0.474 e. The highest BCUT2D eigenvalue weighted by Gasteiger charge is 2.53. The smallest absolute Gasteiger partial charge is 0.302 e. The van der Waals surface area contributed by atoms with E-state index in [4.69, 9.17) is 4.89 Å². The second-order valence-electron chi connectivity index (χ2n) is 3.05. The summed E-state index contributed by atoms with van der Waals surface area (Å²) in [7, 11) is -5.10. The van der Waals surface area contributed by atoms with Crippen molar-refractivity contribution < 1.29 is 40.5 Å². The van der Waals surface area contributed by atoms with Crippen LogP contribution in [0.3, 0.4) is 0 Å². The van der Waals surface area contributed by atoms with Crippen molar-refractivity contribution in [3.63, 3.8) is 0 Å². The van der Waals surface area contributed by atoms with Gasteiger partial charge in [-0.2, -0.15) is 8.78 Å². The average molecular weight is 286 g/mol. The van der Waals surface area contributed by atoms with Gasteiger partial charge < -0.3 is 4.89 Å². The lowest BCUT2D eigenvalue weighted by Crippen LogP contribution is -2.38. The lowest BCUT2D eigenvalue weighted by molar-refractivity contribution is -0.225. The molecule has 0 heterocycles. The Bertz CT molecular complexity index is 275. The first-order valence-electron chi connectivity index (χ1n) is 4.59. The van der Waals surface area contributed by atoms with Crippen LogP contribution in [0.5, 0.6) is 0 Å². The van der Waals surface area contributed by atoms with Gasteiger partial charge in [0.25, 0.3) is 6.36 Å². The van der Waals surface area contributed by atoms with Crippen molar-refractivity contribution in [1.82, 2.24) is 0 Å². The molecule has 10 heteroatoms. The summed E-state index contributed by atoms with van der Waals surface area (Å²) in [5, 5.41) is 0. The first-order chi connectivity index (χ1) is 7.63. The van der Waals surface area contributed by atoms with Crippen LogP contribution in [0.25, 0.3) is 0 Å². The molecule has 0 aliphatic heterocycles. The van der Waals surface area contributed by atoms with Crippen molar-refractivity contribution in [2.24, 2.45) is 0 Å². The Kier molecular flexibility index (Phi) is 6.53. The molecule has 0 spiro atoms. The van der Waals surface area contributed by atoms with Gasteiger partial charge in [-0.05, 0) is 6.42 Å². The van der Waals surface area contributed by atoms with Gasteiger partial charge in [0, 0.05) is 0 Å². The number of phosphoric ester groups is 1. The maximum atomic E-state index is 12.6. The molecule has 0 saturated heterocycles. The first kappa shape index (κ1) is 16.8. The van der Waals surface area contributed by atoms with Crippen LogP contribution in [0.15, 0.2) is 0 Å². The van der Waals surface area contributed by atoms with Crippen LogP contribution >= 0.6 is 7.82 Å². The van der Waals surface area contributed by atoms with Crippen LogP contribution in [0.4, 0.5) is 22.0 Å². The lowest BCUT2D eigenvalue weighted by Gasteiger charge is -2.21. The van der Waals surface area contributed by atoms with E-state index in [1.54, 1.807) is 6.92 Å². The highest BCUT2D eigenvalue weighted by Crippen LogP contribution is 2.48. The van der Waals surface area contributed by atoms with Crippen molar-refractivity contribution in [2.75, 3.05) is 6.61 Å². The molecule has 2 unspecified atom stereocenters. The molecular formula is C7H12F5O4P. The van der Waals surface area contributed by atoms with Crippen molar-refractivity contribution in [3.8, 4) is 0 Å². The highest BCUT2D eigenvalue weighted by molar-refractivity contribution is 7.47. The Balaban J connectivity index is 4.36. The molecule has 0 aromatic rings. The fourth-order valence-corrected chi connectivity index (χ4v) is 1.44. The third-order valence-electron chi connectivity index (χ3n) is 1.57. The number of hydrogen-bond acceptors (Lipinski definition) is 3. The number of alkyl halides is 5. The van der Waals surface area contributed by atoms with Gasteiger partial charge in [0.2, 0.25) is 0 Å². The van der Waals surface area contributed by atoms with E-state index in [0.717, 1.165) is 0 Å². The summed E-state index contributed by atoms with van der Waals surface area (Å²) >= 11 is 0. The monoisotopic (exact) mass is 286 g/mol. The van der Waals surface area contributed by atoms with E-state index in [-0.39, 0.29) is 6.61 Å². The molecule has 0 amide bonds. The van der Waals surface area contributed by atoms with E-state index in [0.29, 0.717) is 12.8 Å². The summed E-state index contributed by atoms with van der Waals surface area (Å²) in [6, 6.07) is 0. The van der Waals surface area contributed by atoms with E-state index < -0.39 is 26.5 Å². The molecule has 104 valence electrons. The van der Waals surface area contributed by atoms with Crippen LogP contribution in [-0.4, -0.2) is 30.2 Å². The molecule has 0 bridgehead atoms. The average Bonchev–Trinajstić information content (AvgIpc) is 2.16. The fraction of sp³-hybridized carbons (Fsp3) is 1.00. The van der Waals surface area contributed by atoms with Gasteiger partial charge in [-0.3, -0.25) is 4.52 Å². The second-order valence-corrected chi connectivity index (χ2v) is 4.46. The zero-order valence-electron chi connectivity index (χ0n) is 8.79. The van der Waals surface area contributed by atoms with E-state index in [1.165, 1.54) is 0 Å². The number of phosphoric acid groups is 1. The maximum Gasteiger partial charge on any atom is 0.474 e. The molecule has 0 aliphatic rings. The van der Waals surface area contributed by atoms with E-state index in [9.17, 15) is 26.5 Å². The third-order valence-corrected chi connectivity index (χ3v) is 2.53. The van der Waals surface area contributed by atoms with Crippen molar-refractivity contribution in [2.45, 2.75) is 38.5 Å². The summed E-state index contributed by atoms with van der Waals surface area (Å²) < 4.78 is 78.8. The molecule has 0 aliphatic carbocycles. The highest BCUT2D eigenvalue weighted by atomic mass is 31.2. The zero-order valence-corrected chi connectivity index (χ0v) is 9.68. The summed E-state index contributed by atoms with van der Waals surface area (Å²) in [6.45, 7) is 1.37. The van der Waals surface area contributed by atoms with E-state index in [1.807, 2.05) is 0 Å². The van der Waals surface area contributed by atoms with Gasteiger partial charge in [-0.15, -0.1) is 0 Å². The van der Waals surface area contributed by atoms with Gasteiger partial charge in [0.1, 0.15) is 0 Å². The summed E-state index contributed by atoms with van der Waals surface area (Å²) in [5.41, 5.74) is 0. The number of unbranched alkanes of at least 4 members (excludes halogenated alkanes) is 1. The van der Waals surface area contributed by atoms with E-state index in [2.05, 4.69) is 9.05 Å². The Hall–Kier alpha value is -0.240. The lowest BCUT2D eigenvalue weighted by atomic mass is 10.4. The minimum atomic E-state index is -5.17. The van der Waals surface area contributed by atoms with Gasteiger partial charge in [-0.25, -0.2) is 22.3 Å². The Morgan fingerprint density at radius 1 is 1.35 bits per heavy atom. The number of rotatable bonds is 8. The predicted octanol–water partition coefficient (Wildman–Crippen LogP) is 3.12. The molecular weight excluding hydrogens is 274 g/mol. The maximum absolute atomic E-state index is 12.6. The van der Waals surface area contributed by atoms with Gasteiger partial charge in [-0.1, -0.05) is 13.3 Å². The van der Waals surface area contributed by atoms with Crippen molar-refractivity contribution in [1.29, 1.82) is 0 Å². The number of halogens is 5. The molecule has 4 nitrogen and oxygen atoms in total. The van der Waals surface area contributed by atoms with Crippen LogP contribution in [0.1, 0.15) is 19.8 Å². The SMILES string of the molecule is CCCCOP(=O)(O)OC(F)C(F)(F)C(F)F. The summed E-state index contributed by atoms with van der Waals surface area (Å²) in [5.74, 6) is -5.17. The van der Waals surface area contributed by atoms with Gasteiger partial charge in [0.15, 0.2) is 0 Å². The van der Waals surface area contributed by atoms with E-state index >= 15 is 0 Å². The van der Waals surface area contributed by atoms with Gasteiger partial charge >= 0.3 is 20.2 Å². The second kappa shape index (κ2) is 6.63. The molecule has 0 saturated carbocycles. The fourth-order valence-electron chi connectivity index (χ4n) is 0.641. The standard InChI is InChI=1S/C7H12F5O4P/c1-2-3-4-15-17(13,14)16-6(10)7(11,12)5(8)9/h5-6H,2-4H2,1H3,(H,13,14). The predicted molar refractivity (Wildman–Crippen MR) is 47.6 cm³/mol. The minimum absolute atomic E-state index is 0.302. The first-order valence-corrected chi connectivity index (χ1v) is 6.08. The number of hydrogen-bond donors (Lipinski definition) is 1. The van der Waals surface area contributed by atoms with Crippen molar-refractivity contribution in [3.05, 3.63) is 0 Å². The van der Waals surface area contributed by atoms with Crippen LogP contribution in [0.2, 0.25) is 0 Å². The minimum Gasteiger partial charge on any atom is -0.302 e. The quantitative estimate of drug-likeness (QED) is 0.423. The molecule has 1 N–H and O–H groups in total. The molecule has 0 aromatic heterocycles. The normalized spacial score (nSPS) is 18.1. The van der Waals surface area contributed by atoms with Crippen LogP contribution in [0, 0.1) is 0 Å². The zero-order chi connectivity index (χ0) is 13.7. The van der Waals surface area contributed by atoms with Crippen molar-refractivity contribution >= 4 is 7.82 Å². The van der Waals surface area contributed by atoms with Crippen LogP contribution < -0.4 is 0 Å².